The van der Waals surface area contributed by atoms with Gasteiger partial charge in [-0.15, -0.1) is 0 Å². The van der Waals surface area contributed by atoms with E-state index in [1.54, 1.807) is 23.9 Å². The first-order valence-corrected chi connectivity index (χ1v) is 9.45. The molecule has 2 aromatic heterocycles. The smallest absolute Gasteiger partial charge is 0.244 e. The van der Waals surface area contributed by atoms with Crippen LogP contribution >= 0.6 is 0 Å². The maximum atomic E-state index is 12.5. The summed E-state index contributed by atoms with van der Waals surface area (Å²) in [6.07, 6.45) is 4.80. The summed E-state index contributed by atoms with van der Waals surface area (Å²) < 4.78 is 34.7. The number of rotatable bonds is 6. The third kappa shape index (κ3) is 3.47. The van der Waals surface area contributed by atoms with E-state index in [1.165, 1.54) is 6.20 Å². The molecule has 0 radical (unpaired) electrons. The molecule has 1 aliphatic rings. The van der Waals surface area contributed by atoms with Crippen molar-refractivity contribution in [1.82, 2.24) is 24.5 Å². The SMILES string of the molecule is CCn1ncc(S(=O)(=O)NCc2ccnc([C@H]3CCCO3)n2)c1C. The molecule has 1 atom stereocenters. The van der Waals surface area contributed by atoms with Gasteiger partial charge < -0.3 is 4.74 Å². The Morgan fingerprint density at radius 2 is 2.29 bits per heavy atom. The highest BCUT2D eigenvalue weighted by Gasteiger charge is 2.22. The summed E-state index contributed by atoms with van der Waals surface area (Å²) in [6, 6.07) is 1.70. The minimum atomic E-state index is -3.64. The van der Waals surface area contributed by atoms with Crippen LogP contribution in [0.2, 0.25) is 0 Å². The molecule has 0 aromatic carbocycles. The van der Waals surface area contributed by atoms with Gasteiger partial charge in [-0.05, 0) is 32.8 Å². The van der Waals surface area contributed by atoms with Crippen LogP contribution in [0.25, 0.3) is 0 Å². The van der Waals surface area contributed by atoms with E-state index in [4.69, 9.17) is 4.74 Å². The van der Waals surface area contributed by atoms with E-state index in [1.807, 2.05) is 6.92 Å². The first-order valence-electron chi connectivity index (χ1n) is 7.96. The molecular weight excluding hydrogens is 330 g/mol. The van der Waals surface area contributed by atoms with Crippen LogP contribution < -0.4 is 4.72 Å². The molecule has 0 amide bonds. The lowest BCUT2D eigenvalue weighted by molar-refractivity contribution is 0.105. The largest absolute Gasteiger partial charge is 0.370 e. The van der Waals surface area contributed by atoms with E-state index in [0.29, 0.717) is 30.4 Å². The first kappa shape index (κ1) is 17.0. The highest BCUT2D eigenvalue weighted by atomic mass is 32.2. The van der Waals surface area contributed by atoms with Gasteiger partial charge in [0.2, 0.25) is 10.0 Å². The Morgan fingerprint density at radius 3 is 2.96 bits per heavy atom. The summed E-state index contributed by atoms with van der Waals surface area (Å²) in [4.78, 5) is 8.83. The van der Waals surface area contributed by atoms with Gasteiger partial charge in [0.15, 0.2) is 5.82 Å². The molecule has 2 aromatic rings. The summed E-state index contributed by atoms with van der Waals surface area (Å²) in [5.74, 6) is 0.610. The van der Waals surface area contributed by atoms with Gasteiger partial charge in [0.1, 0.15) is 11.0 Å². The van der Waals surface area contributed by atoms with Gasteiger partial charge in [-0.3, -0.25) is 4.68 Å². The molecule has 0 bridgehead atoms. The van der Waals surface area contributed by atoms with Crippen molar-refractivity contribution in [3.8, 4) is 0 Å². The summed E-state index contributed by atoms with van der Waals surface area (Å²) in [5.41, 5.74) is 1.23. The van der Waals surface area contributed by atoms with E-state index in [-0.39, 0.29) is 17.5 Å². The van der Waals surface area contributed by atoms with Gasteiger partial charge in [0.25, 0.3) is 0 Å². The van der Waals surface area contributed by atoms with Gasteiger partial charge in [0.05, 0.1) is 24.1 Å². The van der Waals surface area contributed by atoms with Crippen molar-refractivity contribution in [1.29, 1.82) is 0 Å². The second-order valence-electron chi connectivity index (χ2n) is 5.64. The Hall–Kier alpha value is -1.84. The summed E-state index contributed by atoms with van der Waals surface area (Å²) >= 11 is 0. The minimum absolute atomic E-state index is 0.0911. The Labute approximate surface area is 141 Å². The number of hydrogen-bond acceptors (Lipinski definition) is 6. The zero-order valence-corrected chi connectivity index (χ0v) is 14.6. The maximum Gasteiger partial charge on any atom is 0.244 e. The number of sulfonamides is 1. The molecule has 130 valence electrons. The number of nitrogens with zero attached hydrogens (tertiary/aromatic N) is 4. The molecule has 1 saturated heterocycles. The van der Waals surface area contributed by atoms with E-state index in [0.717, 1.165) is 12.8 Å². The van der Waals surface area contributed by atoms with Crippen molar-refractivity contribution in [2.45, 2.75) is 50.8 Å². The number of ether oxygens (including phenoxy) is 1. The molecule has 0 aliphatic carbocycles. The summed E-state index contributed by atoms with van der Waals surface area (Å²) in [7, 11) is -3.64. The lowest BCUT2D eigenvalue weighted by Crippen LogP contribution is -2.24. The van der Waals surface area contributed by atoms with Crippen molar-refractivity contribution < 1.29 is 13.2 Å². The second-order valence-corrected chi connectivity index (χ2v) is 7.38. The fourth-order valence-corrected chi connectivity index (χ4v) is 3.88. The molecule has 1 N–H and O–H groups in total. The van der Waals surface area contributed by atoms with E-state index in [2.05, 4.69) is 19.8 Å². The lowest BCUT2D eigenvalue weighted by atomic mass is 10.2. The maximum absolute atomic E-state index is 12.5. The average Bonchev–Trinajstić information content (AvgIpc) is 3.23. The highest BCUT2D eigenvalue weighted by Crippen LogP contribution is 2.25. The second kappa shape index (κ2) is 6.96. The van der Waals surface area contributed by atoms with Crippen LogP contribution in [0, 0.1) is 6.92 Å². The van der Waals surface area contributed by atoms with E-state index < -0.39 is 10.0 Å². The predicted octanol–water partition coefficient (Wildman–Crippen LogP) is 1.33. The highest BCUT2D eigenvalue weighted by molar-refractivity contribution is 7.89. The predicted molar refractivity (Wildman–Crippen MR) is 86.6 cm³/mol. The fraction of sp³-hybridized carbons (Fsp3) is 0.533. The zero-order valence-electron chi connectivity index (χ0n) is 13.8. The average molecular weight is 351 g/mol. The lowest BCUT2D eigenvalue weighted by Gasteiger charge is -2.10. The van der Waals surface area contributed by atoms with E-state index in [9.17, 15) is 8.42 Å². The topological polar surface area (TPSA) is 99.0 Å². The quantitative estimate of drug-likeness (QED) is 0.843. The van der Waals surface area contributed by atoms with Crippen LogP contribution in [-0.4, -0.2) is 34.8 Å². The monoisotopic (exact) mass is 351 g/mol. The van der Waals surface area contributed by atoms with Gasteiger partial charge >= 0.3 is 0 Å². The zero-order chi connectivity index (χ0) is 17.2. The third-order valence-electron chi connectivity index (χ3n) is 4.04. The first-order chi connectivity index (χ1) is 11.5. The Balaban J connectivity index is 1.72. The molecule has 1 aliphatic heterocycles. The van der Waals surface area contributed by atoms with Crippen LogP contribution in [0.4, 0.5) is 0 Å². The van der Waals surface area contributed by atoms with E-state index >= 15 is 0 Å². The Bertz CT molecular complexity index is 812. The van der Waals surface area contributed by atoms with Crippen molar-refractivity contribution in [2.75, 3.05) is 6.61 Å². The van der Waals surface area contributed by atoms with Gasteiger partial charge in [-0.1, -0.05) is 0 Å². The number of hydrogen-bond donors (Lipinski definition) is 1. The van der Waals surface area contributed by atoms with Crippen molar-refractivity contribution >= 4 is 10.0 Å². The van der Waals surface area contributed by atoms with Crippen LogP contribution in [0.15, 0.2) is 23.4 Å². The van der Waals surface area contributed by atoms with Crippen molar-refractivity contribution in [3.63, 3.8) is 0 Å². The number of nitrogens with one attached hydrogen (secondary N) is 1. The Morgan fingerprint density at radius 1 is 1.46 bits per heavy atom. The molecule has 1 fully saturated rings. The Kier molecular flexibility index (Phi) is 4.93. The molecule has 8 nitrogen and oxygen atoms in total. The molecule has 3 rings (SSSR count). The van der Waals surface area contributed by atoms with Crippen molar-refractivity contribution in [2.24, 2.45) is 0 Å². The van der Waals surface area contributed by atoms with Crippen LogP contribution in [0.5, 0.6) is 0 Å². The van der Waals surface area contributed by atoms with Gasteiger partial charge in [-0.2, -0.15) is 5.10 Å². The molecule has 3 heterocycles. The van der Waals surface area contributed by atoms with Crippen molar-refractivity contribution in [3.05, 3.63) is 35.7 Å². The molecule has 0 saturated carbocycles. The van der Waals surface area contributed by atoms with Gasteiger partial charge in [-0.25, -0.2) is 23.1 Å². The molecule has 0 unspecified atom stereocenters. The number of aromatic nitrogens is 4. The van der Waals surface area contributed by atoms with Crippen LogP contribution in [0.1, 0.15) is 43.1 Å². The molecule has 0 spiro atoms. The van der Waals surface area contributed by atoms with Crippen LogP contribution in [-0.2, 0) is 27.8 Å². The molecule has 9 heteroatoms. The third-order valence-corrected chi connectivity index (χ3v) is 5.54. The minimum Gasteiger partial charge on any atom is -0.370 e. The normalized spacial score (nSPS) is 18.2. The fourth-order valence-electron chi connectivity index (χ4n) is 2.71. The summed E-state index contributed by atoms with van der Waals surface area (Å²) in [5, 5.41) is 4.08. The van der Waals surface area contributed by atoms with Gasteiger partial charge in [0, 0.05) is 19.3 Å². The number of aryl methyl sites for hydroxylation is 1. The summed E-state index contributed by atoms with van der Waals surface area (Å²) in [6.45, 7) is 5.09. The standard InChI is InChI=1S/C15H21N5O3S/c1-3-20-11(2)14(10-17-20)24(21,22)18-9-12-6-7-16-15(19-12)13-5-4-8-23-13/h6-7,10,13,18H,3-5,8-9H2,1-2H3/t13-/m1/s1. The molecular formula is C15H21N5O3S. The van der Waals surface area contributed by atoms with Crippen LogP contribution in [0.3, 0.4) is 0 Å². The molecule has 24 heavy (non-hydrogen) atoms.